The molecule has 1 aliphatic rings. The van der Waals surface area contributed by atoms with Gasteiger partial charge in [0.2, 0.25) is 0 Å². The molecule has 0 saturated heterocycles. The van der Waals surface area contributed by atoms with Crippen LogP contribution in [0.5, 0.6) is 11.5 Å². The number of carbonyl (C=O) groups excluding carboxylic acids is 1. The molecule has 0 radical (unpaired) electrons. The number of nitrogens with zero attached hydrogens (tertiary/aromatic N) is 1. The monoisotopic (exact) mass is 284 g/mol. The molecule has 1 aliphatic heterocycles. The molecule has 1 unspecified atom stereocenters. The molecule has 3 N–H and O–H groups in total. The first-order chi connectivity index (χ1) is 10.0. The zero-order valence-corrected chi connectivity index (χ0v) is 11.6. The summed E-state index contributed by atoms with van der Waals surface area (Å²) in [6.07, 6.45) is -0.545. The molecular weight excluding hydrogens is 268 g/mol. The minimum atomic E-state index is -0.545. The van der Waals surface area contributed by atoms with E-state index in [1.54, 1.807) is 54.3 Å². The van der Waals surface area contributed by atoms with Crippen molar-refractivity contribution in [3.63, 3.8) is 0 Å². The van der Waals surface area contributed by atoms with E-state index in [2.05, 4.69) is 0 Å². The van der Waals surface area contributed by atoms with Gasteiger partial charge in [0.05, 0.1) is 12.2 Å². The van der Waals surface area contributed by atoms with Crippen LogP contribution in [0.1, 0.15) is 12.5 Å². The van der Waals surface area contributed by atoms with Crippen LogP contribution in [0.4, 0.5) is 11.4 Å². The molecular formula is C16H16N2O3. The van der Waals surface area contributed by atoms with Gasteiger partial charge in [0.1, 0.15) is 11.5 Å². The van der Waals surface area contributed by atoms with Crippen LogP contribution < -0.4 is 15.4 Å². The molecule has 0 bridgehead atoms. The fourth-order valence-electron chi connectivity index (χ4n) is 2.37. The lowest BCUT2D eigenvalue weighted by Crippen LogP contribution is -2.44. The van der Waals surface area contributed by atoms with E-state index < -0.39 is 6.10 Å². The zero-order valence-electron chi connectivity index (χ0n) is 11.6. The lowest BCUT2D eigenvalue weighted by molar-refractivity contribution is -0.125. The second-order valence-electron chi connectivity index (χ2n) is 5.08. The Bertz CT molecular complexity index is 682. The Morgan fingerprint density at radius 2 is 1.95 bits per heavy atom. The van der Waals surface area contributed by atoms with E-state index in [1.807, 2.05) is 0 Å². The summed E-state index contributed by atoms with van der Waals surface area (Å²) in [4.78, 5) is 14.0. The van der Waals surface area contributed by atoms with E-state index in [-0.39, 0.29) is 11.7 Å². The molecule has 5 heteroatoms. The van der Waals surface area contributed by atoms with Gasteiger partial charge in [0.25, 0.3) is 5.91 Å². The Morgan fingerprint density at radius 3 is 2.67 bits per heavy atom. The van der Waals surface area contributed by atoms with Crippen molar-refractivity contribution in [3.8, 4) is 11.5 Å². The van der Waals surface area contributed by atoms with Gasteiger partial charge in [0.15, 0.2) is 6.10 Å². The molecule has 1 heterocycles. The summed E-state index contributed by atoms with van der Waals surface area (Å²) >= 11 is 0. The van der Waals surface area contributed by atoms with Gasteiger partial charge in [-0.3, -0.25) is 4.79 Å². The normalized spacial score (nSPS) is 17.3. The number of phenolic OH excluding ortho intramolecular Hbond substituents is 1. The van der Waals surface area contributed by atoms with Crippen LogP contribution in [-0.4, -0.2) is 17.1 Å². The molecule has 0 spiro atoms. The molecule has 21 heavy (non-hydrogen) atoms. The number of benzene rings is 2. The van der Waals surface area contributed by atoms with Crippen molar-refractivity contribution >= 4 is 17.3 Å². The van der Waals surface area contributed by atoms with Crippen molar-refractivity contribution in [1.82, 2.24) is 0 Å². The summed E-state index contributed by atoms with van der Waals surface area (Å²) in [5.41, 5.74) is 8.00. The van der Waals surface area contributed by atoms with Crippen LogP contribution in [0.15, 0.2) is 42.5 Å². The molecule has 0 saturated carbocycles. The van der Waals surface area contributed by atoms with Crippen LogP contribution >= 0.6 is 0 Å². The van der Waals surface area contributed by atoms with Gasteiger partial charge in [-0.25, -0.2) is 0 Å². The Labute approximate surface area is 122 Å². The Hall–Kier alpha value is -2.69. The summed E-state index contributed by atoms with van der Waals surface area (Å²) in [6.45, 7) is 2.14. The van der Waals surface area contributed by atoms with E-state index in [0.717, 1.165) is 5.56 Å². The van der Waals surface area contributed by atoms with Gasteiger partial charge in [-0.15, -0.1) is 0 Å². The number of ether oxygens (including phenoxy) is 1. The summed E-state index contributed by atoms with van der Waals surface area (Å²) in [6, 6.07) is 12.0. The number of carbonyl (C=O) groups is 1. The molecule has 0 aliphatic carbocycles. The maximum Gasteiger partial charge on any atom is 0.268 e. The van der Waals surface area contributed by atoms with Crippen molar-refractivity contribution in [3.05, 3.63) is 48.0 Å². The van der Waals surface area contributed by atoms with Gasteiger partial charge in [-0.1, -0.05) is 12.1 Å². The van der Waals surface area contributed by atoms with Crippen LogP contribution in [0.2, 0.25) is 0 Å². The maximum absolute atomic E-state index is 12.4. The number of rotatable bonds is 2. The van der Waals surface area contributed by atoms with Gasteiger partial charge < -0.3 is 20.5 Å². The highest BCUT2D eigenvalue weighted by Crippen LogP contribution is 2.36. The Morgan fingerprint density at radius 1 is 1.24 bits per heavy atom. The second-order valence-corrected chi connectivity index (χ2v) is 5.08. The molecule has 1 amide bonds. The van der Waals surface area contributed by atoms with E-state index in [9.17, 15) is 9.90 Å². The highest BCUT2D eigenvalue weighted by molar-refractivity contribution is 6.00. The average Bonchev–Trinajstić information content (AvgIpc) is 2.46. The third-order valence-corrected chi connectivity index (χ3v) is 3.47. The molecule has 3 rings (SSSR count). The lowest BCUT2D eigenvalue weighted by atomic mass is 10.1. The predicted octanol–water partition coefficient (Wildman–Crippen LogP) is 2.29. The Kier molecular flexibility index (Phi) is 3.17. The summed E-state index contributed by atoms with van der Waals surface area (Å²) in [5.74, 6) is 0.717. The number of amides is 1. The minimum Gasteiger partial charge on any atom is -0.508 e. The van der Waals surface area contributed by atoms with Crippen molar-refractivity contribution in [1.29, 1.82) is 0 Å². The quantitative estimate of drug-likeness (QED) is 0.830. The first-order valence-corrected chi connectivity index (χ1v) is 6.70. The average molecular weight is 284 g/mol. The lowest BCUT2D eigenvalue weighted by Gasteiger charge is -2.33. The highest BCUT2D eigenvalue weighted by Gasteiger charge is 2.31. The number of anilines is 2. The number of nitrogen functional groups attached to an aromatic ring is 1. The second kappa shape index (κ2) is 5.01. The van der Waals surface area contributed by atoms with Crippen molar-refractivity contribution in [2.75, 3.05) is 10.6 Å². The molecule has 0 aromatic heterocycles. The number of hydrogen-bond acceptors (Lipinski definition) is 4. The highest BCUT2D eigenvalue weighted by atomic mass is 16.5. The van der Waals surface area contributed by atoms with Crippen LogP contribution in [0.3, 0.4) is 0 Å². The maximum atomic E-state index is 12.4. The van der Waals surface area contributed by atoms with Crippen molar-refractivity contribution < 1.29 is 14.6 Å². The van der Waals surface area contributed by atoms with Gasteiger partial charge in [-0.05, 0) is 36.8 Å². The minimum absolute atomic E-state index is 0.0969. The van der Waals surface area contributed by atoms with Gasteiger partial charge >= 0.3 is 0 Å². The Balaban J connectivity index is 1.96. The van der Waals surface area contributed by atoms with Crippen LogP contribution in [-0.2, 0) is 11.3 Å². The molecule has 2 aromatic carbocycles. The fraction of sp³-hybridized carbons (Fsp3) is 0.188. The van der Waals surface area contributed by atoms with Crippen LogP contribution in [0, 0.1) is 0 Å². The van der Waals surface area contributed by atoms with Crippen LogP contribution in [0.25, 0.3) is 0 Å². The van der Waals surface area contributed by atoms with Crippen molar-refractivity contribution in [2.24, 2.45) is 0 Å². The molecule has 108 valence electrons. The molecule has 0 fully saturated rings. The summed E-state index contributed by atoms with van der Waals surface area (Å²) in [7, 11) is 0. The summed E-state index contributed by atoms with van der Waals surface area (Å²) in [5, 5.41) is 9.33. The van der Waals surface area contributed by atoms with E-state index in [4.69, 9.17) is 10.5 Å². The van der Waals surface area contributed by atoms with Gasteiger partial charge in [-0.2, -0.15) is 0 Å². The third kappa shape index (κ3) is 2.50. The van der Waals surface area contributed by atoms with E-state index in [1.165, 1.54) is 0 Å². The number of aromatic hydroxyl groups is 1. The number of hydrogen-bond donors (Lipinski definition) is 2. The smallest absolute Gasteiger partial charge is 0.268 e. The molecule has 2 aromatic rings. The number of fused-ring (bicyclic) bond motifs is 1. The standard InChI is InChI=1S/C16H16N2O3/c1-10-16(20)18(9-11-2-5-13(19)6-3-11)14-7-4-12(17)8-15(14)21-10/h2-8,10,19H,9,17H2,1H3. The first kappa shape index (κ1) is 13.3. The fourth-order valence-corrected chi connectivity index (χ4v) is 2.37. The van der Waals surface area contributed by atoms with Crippen molar-refractivity contribution in [2.45, 2.75) is 19.6 Å². The van der Waals surface area contributed by atoms with E-state index in [0.29, 0.717) is 23.7 Å². The predicted molar refractivity (Wildman–Crippen MR) is 80.2 cm³/mol. The SMILES string of the molecule is CC1Oc2cc(N)ccc2N(Cc2ccc(O)cc2)C1=O. The third-order valence-electron chi connectivity index (χ3n) is 3.47. The topological polar surface area (TPSA) is 75.8 Å². The molecule has 1 atom stereocenters. The van der Waals surface area contributed by atoms with Gasteiger partial charge in [0, 0.05) is 11.8 Å². The van der Waals surface area contributed by atoms with E-state index >= 15 is 0 Å². The molecule has 5 nitrogen and oxygen atoms in total. The summed E-state index contributed by atoms with van der Waals surface area (Å²) < 4.78 is 5.60. The number of phenols is 1. The first-order valence-electron chi connectivity index (χ1n) is 6.70. The number of nitrogens with two attached hydrogens (primary N) is 1. The largest absolute Gasteiger partial charge is 0.508 e. The zero-order chi connectivity index (χ0) is 15.0.